The number of benzene rings is 1. The van der Waals surface area contributed by atoms with Gasteiger partial charge >= 0.3 is 5.97 Å². The molecule has 0 spiro atoms. The molecule has 2 fully saturated rings. The van der Waals surface area contributed by atoms with Crippen molar-refractivity contribution in [1.29, 1.82) is 0 Å². The summed E-state index contributed by atoms with van der Waals surface area (Å²) in [4.78, 5) is 28.9. The Hall–Kier alpha value is -2.59. The second-order valence-corrected chi connectivity index (χ2v) is 11.9. The maximum absolute atomic E-state index is 13.9. The number of rotatable bonds is 7. The van der Waals surface area contributed by atoms with Crippen molar-refractivity contribution in [2.45, 2.75) is 18.6 Å². The van der Waals surface area contributed by atoms with E-state index in [4.69, 9.17) is 26.1 Å². The molecule has 0 saturated carbocycles. The molecule has 11 nitrogen and oxygen atoms in total. The highest BCUT2D eigenvalue weighted by atomic mass is 35.5. The summed E-state index contributed by atoms with van der Waals surface area (Å²) in [6, 6.07) is 3.26. The Morgan fingerprint density at radius 2 is 2.03 bits per heavy atom. The van der Waals surface area contributed by atoms with Crippen LogP contribution in [0.3, 0.4) is 0 Å². The molecule has 1 unspecified atom stereocenters. The summed E-state index contributed by atoms with van der Waals surface area (Å²) in [6.45, 7) is 1.20. The number of ether oxygens (including phenoxy) is 2. The highest BCUT2D eigenvalue weighted by molar-refractivity contribution is 7.87. The van der Waals surface area contributed by atoms with Gasteiger partial charge in [-0.1, -0.05) is 11.6 Å². The van der Waals surface area contributed by atoms with E-state index in [0.717, 1.165) is 6.07 Å². The van der Waals surface area contributed by atoms with Crippen LogP contribution in [0.5, 0.6) is 0 Å². The second-order valence-electron chi connectivity index (χ2n) is 8.71. The maximum atomic E-state index is 13.9. The number of hydrogen-bond donors (Lipinski definition) is 1. The van der Waals surface area contributed by atoms with Crippen LogP contribution in [-0.2, 0) is 26.2 Å². The van der Waals surface area contributed by atoms with E-state index in [-0.39, 0.29) is 53.8 Å². The number of esters is 1. The van der Waals surface area contributed by atoms with Crippen molar-refractivity contribution < 1.29 is 27.1 Å². The molecular formula is C23H24ClFN6O5S2. The number of nitrogens with one attached hydrogen (secondary N) is 1. The highest BCUT2D eigenvalue weighted by Crippen LogP contribution is 2.35. The summed E-state index contributed by atoms with van der Waals surface area (Å²) in [5, 5.41) is 2.37. The lowest BCUT2D eigenvalue weighted by molar-refractivity contribution is -0.0865. The predicted octanol–water partition coefficient (Wildman–Crippen LogP) is 2.20. The van der Waals surface area contributed by atoms with E-state index in [9.17, 15) is 17.6 Å². The van der Waals surface area contributed by atoms with Gasteiger partial charge in [-0.15, -0.1) is 11.3 Å². The minimum Gasteiger partial charge on any atom is -0.465 e. The van der Waals surface area contributed by atoms with Crippen LogP contribution in [0.15, 0.2) is 29.8 Å². The van der Waals surface area contributed by atoms with Gasteiger partial charge in [-0.05, 0) is 18.2 Å². The zero-order valence-corrected chi connectivity index (χ0v) is 22.8. The van der Waals surface area contributed by atoms with Crippen LogP contribution in [0.2, 0.25) is 5.02 Å². The number of piperazine rings is 1. The van der Waals surface area contributed by atoms with Crippen LogP contribution in [0.4, 0.5) is 4.39 Å². The first-order valence-electron chi connectivity index (χ1n) is 11.6. The molecule has 0 aliphatic carbocycles. The van der Waals surface area contributed by atoms with E-state index in [1.54, 1.807) is 11.6 Å². The molecule has 0 amide bonds. The van der Waals surface area contributed by atoms with Gasteiger partial charge in [0.25, 0.3) is 10.2 Å². The highest BCUT2D eigenvalue weighted by Gasteiger charge is 2.42. The standard InChI is InChI=1S/C23H24ClFN6O5S2/c1-26-38(33,34)30-8-14-11-36-12-15(9-30)31(14)10-18-19(23(32)35-2)20(16-4-3-13(25)7-17(16)24)29-21(28-18)22-27-5-6-37-22/h3-7,14-15,26H,8-12H2,1-2H3/t14-,15?/m1/s1. The summed E-state index contributed by atoms with van der Waals surface area (Å²) in [5.74, 6) is -0.940. The molecular weight excluding hydrogens is 559 g/mol. The van der Waals surface area contributed by atoms with E-state index in [2.05, 4.69) is 19.6 Å². The zero-order valence-electron chi connectivity index (χ0n) is 20.4. The monoisotopic (exact) mass is 582 g/mol. The molecule has 2 atom stereocenters. The molecule has 2 aromatic heterocycles. The van der Waals surface area contributed by atoms with Gasteiger partial charge in [0, 0.05) is 55.9 Å². The van der Waals surface area contributed by atoms with Crippen molar-refractivity contribution in [1.82, 2.24) is 28.9 Å². The molecule has 2 bridgehead atoms. The molecule has 4 heterocycles. The fourth-order valence-electron chi connectivity index (χ4n) is 4.69. The third-order valence-electron chi connectivity index (χ3n) is 6.50. The molecule has 5 rings (SSSR count). The topological polar surface area (TPSA) is 127 Å². The van der Waals surface area contributed by atoms with E-state index >= 15 is 0 Å². The molecule has 202 valence electrons. The maximum Gasteiger partial charge on any atom is 0.342 e. The number of methoxy groups -OCH3 is 1. The molecule has 2 aliphatic heterocycles. The number of nitrogens with zero attached hydrogens (tertiary/aromatic N) is 5. The van der Waals surface area contributed by atoms with Gasteiger partial charge in [-0.3, -0.25) is 4.90 Å². The quantitative estimate of drug-likeness (QED) is 0.417. The Kier molecular flexibility index (Phi) is 7.73. The normalized spacial score (nSPS) is 20.4. The van der Waals surface area contributed by atoms with Crippen molar-refractivity contribution in [3.8, 4) is 22.1 Å². The number of thiazole rings is 1. The van der Waals surface area contributed by atoms with Crippen molar-refractivity contribution in [3.05, 3.63) is 51.9 Å². The lowest BCUT2D eigenvalue weighted by Gasteiger charge is -2.48. The lowest BCUT2D eigenvalue weighted by atomic mass is 10.0. The predicted molar refractivity (Wildman–Crippen MR) is 138 cm³/mol. The van der Waals surface area contributed by atoms with Gasteiger partial charge in [-0.25, -0.2) is 28.9 Å². The number of hydrogen-bond acceptors (Lipinski definition) is 10. The van der Waals surface area contributed by atoms with E-state index in [0.29, 0.717) is 29.5 Å². The number of halogens is 2. The second kappa shape index (κ2) is 10.9. The first kappa shape index (κ1) is 27.0. The van der Waals surface area contributed by atoms with Gasteiger partial charge in [0.05, 0.1) is 36.7 Å². The van der Waals surface area contributed by atoms with Crippen LogP contribution >= 0.6 is 22.9 Å². The summed E-state index contributed by atoms with van der Waals surface area (Å²) >= 11 is 7.72. The molecule has 0 radical (unpaired) electrons. The lowest BCUT2D eigenvalue weighted by Crippen LogP contribution is -2.65. The minimum atomic E-state index is -3.62. The van der Waals surface area contributed by atoms with Crippen LogP contribution in [0, 0.1) is 5.82 Å². The smallest absolute Gasteiger partial charge is 0.342 e. The zero-order chi connectivity index (χ0) is 27.0. The van der Waals surface area contributed by atoms with Crippen LogP contribution in [0.25, 0.3) is 22.1 Å². The minimum absolute atomic E-state index is 0.0704. The average Bonchev–Trinajstić information content (AvgIpc) is 3.43. The molecule has 2 saturated heterocycles. The summed E-state index contributed by atoms with van der Waals surface area (Å²) < 4.78 is 53.5. The average molecular weight is 583 g/mol. The first-order valence-corrected chi connectivity index (χ1v) is 14.3. The van der Waals surface area contributed by atoms with Crippen LogP contribution in [0.1, 0.15) is 16.1 Å². The van der Waals surface area contributed by atoms with Crippen molar-refractivity contribution in [3.63, 3.8) is 0 Å². The first-order chi connectivity index (χ1) is 18.2. The molecule has 1 aromatic carbocycles. The Morgan fingerprint density at radius 3 is 2.63 bits per heavy atom. The van der Waals surface area contributed by atoms with Gasteiger partial charge in [0.15, 0.2) is 10.8 Å². The fraction of sp³-hybridized carbons (Fsp3) is 0.391. The Labute approximate surface area is 227 Å². The third-order valence-corrected chi connectivity index (χ3v) is 9.08. The number of carbonyl (C=O) groups excluding carboxylic acids is 1. The molecule has 3 aromatic rings. The largest absolute Gasteiger partial charge is 0.465 e. The Morgan fingerprint density at radius 1 is 1.29 bits per heavy atom. The van der Waals surface area contributed by atoms with Gasteiger partial charge in [0.2, 0.25) is 0 Å². The number of carbonyl (C=O) groups is 1. The number of fused-ring (bicyclic) bond motifs is 2. The Balaban J connectivity index is 1.63. The van der Waals surface area contributed by atoms with E-state index < -0.39 is 22.0 Å². The number of aromatic nitrogens is 3. The van der Waals surface area contributed by atoms with Gasteiger partial charge in [0.1, 0.15) is 11.4 Å². The summed E-state index contributed by atoms with van der Waals surface area (Å²) in [5.41, 5.74) is 0.970. The van der Waals surface area contributed by atoms with Crippen molar-refractivity contribution >= 4 is 39.1 Å². The molecule has 38 heavy (non-hydrogen) atoms. The van der Waals surface area contributed by atoms with Crippen LogP contribution < -0.4 is 4.72 Å². The SMILES string of the molecule is CNS(=O)(=O)N1CC2COC[C@@H](C1)N2Cc1nc(-c2nccs2)nc(-c2ccc(F)cc2Cl)c1C(=O)OC. The van der Waals surface area contributed by atoms with Crippen molar-refractivity contribution in [2.24, 2.45) is 0 Å². The molecule has 1 N–H and O–H groups in total. The number of morpholine rings is 1. The van der Waals surface area contributed by atoms with Crippen molar-refractivity contribution in [2.75, 3.05) is 40.5 Å². The summed E-state index contributed by atoms with van der Waals surface area (Å²) in [6.07, 6.45) is 1.62. The summed E-state index contributed by atoms with van der Waals surface area (Å²) in [7, 11) is -0.998. The van der Waals surface area contributed by atoms with E-state index in [1.165, 1.54) is 41.9 Å². The molecule has 2 aliphatic rings. The van der Waals surface area contributed by atoms with Gasteiger partial charge < -0.3 is 9.47 Å². The molecule has 15 heteroatoms. The fourth-order valence-corrected chi connectivity index (χ4v) is 6.51. The third kappa shape index (κ3) is 5.17. The Bertz CT molecular complexity index is 1440. The van der Waals surface area contributed by atoms with E-state index in [1.807, 2.05) is 0 Å². The van der Waals surface area contributed by atoms with Gasteiger partial charge in [-0.2, -0.15) is 12.7 Å². The van der Waals surface area contributed by atoms with Crippen LogP contribution in [-0.4, -0.2) is 91.1 Å².